The summed E-state index contributed by atoms with van der Waals surface area (Å²) >= 11 is 4.91. The van der Waals surface area contributed by atoms with Gasteiger partial charge in [-0.1, -0.05) is 0 Å². The van der Waals surface area contributed by atoms with E-state index in [9.17, 15) is 9.59 Å². The second kappa shape index (κ2) is 13.8. The minimum absolute atomic E-state index is 0.0311. The molecule has 3 amide bonds. The van der Waals surface area contributed by atoms with Crippen molar-refractivity contribution in [1.29, 1.82) is 0 Å². The highest BCUT2D eigenvalue weighted by atomic mass is 32.1. The summed E-state index contributed by atoms with van der Waals surface area (Å²) in [6, 6.07) is 1.77. The molecule has 0 spiro atoms. The van der Waals surface area contributed by atoms with Crippen molar-refractivity contribution < 1.29 is 32.6 Å². The zero-order valence-corrected chi connectivity index (χ0v) is 24.4. The number of ether oxygens (including phenoxy) is 3. The van der Waals surface area contributed by atoms with E-state index in [2.05, 4.69) is 21.0 Å². The van der Waals surface area contributed by atoms with Crippen LogP contribution in [0.1, 0.15) is 16.8 Å². The molecule has 3 heterocycles. The van der Waals surface area contributed by atoms with Gasteiger partial charge in [0.05, 0.1) is 50.4 Å². The molecule has 1 atom stereocenters. The zero-order valence-electron chi connectivity index (χ0n) is 23.5. The predicted molar refractivity (Wildman–Crippen MR) is 155 cm³/mol. The van der Waals surface area contributed by atoms with Gasteiger partial charge in [-0.25, -0.2) is 23.8 Å². The normalized spacial score (nSPS) is 17.1. The molecule has 2 aromatic rings. The maximum atomic E-state index is 15.3. The number of rotatable bonds is 8. The first-order chi connectivity index (χ1) is 20.1. The number of hydrogen-bond donors (Lipinski definition) is 4. The van der Waals surface area contributed by atoms with E-state index in [1.165, 1.54) is 17.0 Å². The fourth-order valence-corrected chi connectivity index (χ4v) is 4.78. The summed E-state index contributed by atoms with van der Waals surface area (Å²) in [4.78, 5) is 32.2. The van der Waals surface area contributed by atoms with Crippen molar-refractivity contribution in [3.05, 3.63) is 46.8 Å². The highest BCUT2D eigenvalue weighted by molar-refractivity contribution is 7.80. The summed E-state index contributed by atoms with van der Waals surface area (Å²) in [6.45, 7) is 3.26. The number of carbonyl (C=O) groups excluding carboxylic acids is 2. The van der Waals surface area contributed by atoms with Gasteiger partial charge in [0.25, 0.3) is 5.17 Å². The number of aromatic nitrogens is 1. The van der Waals surface area contributed by atoms with Crippen LogP contribution >= 0.6 is 12.2 Å². The molecule has 0 aliphatic carbocycles. The number of halogens is 2. The van der Waals surface area contributed by atoms with E-state index in [1.54, 1.807) is 20.2 Å². The molecule has 2 saturated heterocycles. The highest BCUT2D eigenvalue weighted by Crippen LogP contribution is 2.31. The monoisotopic (exact) mass is 608 g/mol. The van der Waals surface area contributed by atoms with Gasteiger partial charge in [-0.05, 0) is 24.7 Å². The number of cyclic esters (lactones) is 1. The third-order valence-corrected chi connectivity index (χ3v) is 7.23. The molecule has 1 aromatic heterocycles. The van der Waals surface area contributed by atoms with Gasteiger partial charge in [0.1, 0.15) is 11.8 Å². The van der Waals surface area contributed by atoms with Crippen LogP contribution < -0.4 is 31.6 Å². The minimum Gasteiger partial charge on any atom is -0.474 e. The number of urea groups is 1. The first-order valence-electron chi connectivity index (χ1n) is 13.2. The van der Waals surface area contributed by atoms with E-state index < -0.39 is 29.9 Å². The minimum atomic E-state index is -0.840. The van der Waals surface area contributed by atoms with E-state index in [0.717, 1.165) is 28.2 Å². The average Bonchev–Trinajstić information content (AvgIpc) is 3.17. The third kappa shape index (κ3) is 7.06. The molecule has 16 heteroatoms. The Bertz CT molecular complexity index is 1310. The van der Waals surface area contributed by atoms with Crippen LogP contribution in [0.2, 0.25) is 0 Å². The Balaban J connectivity index is 1.37. The third-order valence-electron chi connectivity index (χ3n) is 6.92. The van der Waals surface area contributed by atoms with Crippen LogP contribution in [0.5, 0.6) is 0 Å². The zero-order chi connectivity index (χ0) is 30.4. The summed E-state index contributed by atoms with van der Waals surface area (Å²) in [6.07, 6.45) is 0.329. The SMILES string of the molecule is COCc1c(CNC(=O)N2CCN(c3c(F)cc(N4C[C@H](CNC(=S)OC)OC4=O)cc3F)CCN2)cnc(C)c1N. The van der Waals surface area contributed by atoms with Crippen molar-refractivity contribution >= 4 is 46.6 Å². The Morgan fingerprint density at radius 1 is 1.24 bits per heavy atom. The molecule has 2 aliphatic heterocycles. The molecule has 0 radical (unpaired) electrons. The van der Waals surface area contributed by atoms with Crippen LogP contribution in [0, 0.1) is 18.6 Å². The molecule has 0 saturated carbocycles. The van der Waals surface area contributed by atoms with Gasteiger partial charge in [-0.15, -0.1) is 0 Å². The summed E-state index contributed by atoms with van der Waals surface area (Å²) in [5, 5.41) is 7.10. The van der Waals surface area contributed by atoms with Crippen molar-refractivity contribution in [3.8, 4) is 0 Å². The molecule has 42 heavy (non-hydrogen) atoms. The lowest BCUT2D eigenvalue weighted by molar-refractivity contribution is 0.142. The number of nitrogens with one attached hydrogen (secondary N) is 3. The molecule has 228 valence electrons. The Morgan fingerprint density at radius 2 is 1.98 bits per heavy atom. The summed E-state index contributed by atoms with van der Waals surface area (Å²) in [5.74, 6) is -1.68. The van der Waals surface area contributed by atoms with Gasteiger partial charge < -0.3 is 35.5 Å². The lowest BCUT2D eigenvalue weighted by Crippen LogP contribution is -2.48. The summed E-state index contributed by atoms with van der Waals surface area (Å²) in [5.41, 5.74) is 11.6. The number of thiocarbonyl (C=S) groups is 1. The number of nitrogens with two attached hydrogens (primary N) is 1. The number of pyridine rings is 1. The maximum absolute atomic E-state index is 15.3. The van der Waals surface area contributed by atoms with Crippen LogP contribution in [-0.4, -0.2) is 86.9 Å². The van der Waals surface area contributed by atoms with Crippen molar-refractivity contribution in [2.75, 3.05) is 69.0 Å². The first-order valence-corrected chi connectivity index (χ1v) is 13.6. The number of amides is 3. The van der Waals surface area contributed by atoms with Crippen LogP contribution in [-0.2, 0) is 27.4 Å². The molecule has 2 fully saturated rings. The number of hydrogen-bond acceptors (Lipinski definition) is 10. The van der Waals surface area contributed by atoms with Crippen LogP contribution in [0.15, 0.2) is 18.3 Å². The van der Waals surface area contributed by atoms with E-state index in [1.807, 2.05) is 0 Å². The van der Waals surface area contributed by atoms with E-state index in [-0.39, 0.29) is 69.0 Å². The van der Waals surface area contributed by atoms with Crippen LogP contribution in [0.25, 0.3) is 0 Å². The fourth-order valence-electron chi connectivity index (χ4n) is 4.69. The molecule has 13 nitrogen and oxygen atoms in total. The van der Waals surface area contributed by atoms with Crippen molar-refractivity contribution in [2.45, 2.75) is 26.2 Å². The number of methoxy groups -OCH3 is 2. The Hall–Kier alpha value is -4.02. The molecule has 4 rings (SSSR count). The van der Waals surface area contributed by atoms with Gasteiger partial charge in [-0.2, -0.15) is 0 Å². The van der Waals surface area contributed by atoms with Crippen molar-refractivity contribution in [1.82, 2.24) is 26.1 Å². The second-order valence-corrected chi connectivity index (χ2v) is 10.0. The topological polar surface area (TPSA) is 147 Å². The van der Waals surface area contributed by atoms with Gasteiger partial charge >= 0.3 is 12.1 Å². The molecule has 0 unspecified atom stereocenters. The molecule has 0 bridgehead atoms. The van der Waals surface area contributed by atoms with E-state index >= 15 is 8.78 Å². The molecule has 2 aliphatic rings. The van der Waals surface area contributed by atoms with Crippen LogP contribution in [0.4, 0.5) is 35.4 Å². The van der Waals surface area contributed by atoms with Crippen molar-refractivity contribution in [2.24, 2.45) is 0 Å². The lowest BCUT2D eigenvalue weighted by Gasteiger charge is -2.25. The number of nitrogens with zero attached hydrogens (tertiary/aromatic N) is 4. The molecule has 5 N–H and O–H groups in total. The average molecular weight is 609 g/mol. The predicted octanol–water partition coefficient (Wildman–Crippen LogP) is 1.78. The fraction of sp³-hybridized carbons (Fsp3) is 0.462. The number of nitrogen functional groups attached to an aromatic ring is 1. The van der Waals surface area contributed by atoms with E-state index in [4.69, 9.17) is 32.2 Å². The Kier molecular flexibility index (Phi) is 10.1. The quantitative estimate of drug-likeness (QED) is 0.325. The summed E-state index contributed by atoms with van der Waals surface area (Å²) in [7, 11) is 2.96. The van der Waals surface area contributed by atoms with Gasteiger partial charge in [0.2, 0.25) is 0 Å². The Morgan fingerprint density at radius 3 is 2.67 bits per heavy atom. The largest absolute Gasteiger partial charge is 0.474 e. The summed E-state index contributed by atoms with van der Waals surface area (Å²) < 4.78 is 45.9. The van der Waals surface area contributed by atoms with Gasteiger partial charge in [-0.3, -0.25) is 14.9 Å². The number of anilines is 3. The molecule has 1 aromatic carbocycles. The number of benzene rings is 1. The number of hydrazine groups is 1. The standard InChI is InChI=1S/C26H34F2N8O5S/c1-15-22(29)19(14-39-2)16(10-30-15)11-31-24(37)36-7-6-34(5-4-33-36)23-20(27)8-17(9-21(23)28)35-13-18(41-26(35)38)12-32-25(42)40-3/h8-10,18,33H,4-7,11-14,29H2,1-3H3,(H,31,37)(H,32,42)/t18-/m0/s1. The smallest absolute Gasteiger partial charge is 0.414 e. The van der Waals surface area contributed by atoms with E-state index in [0.29, 0.717) is 11.4 Å². The van der Waals surface area contributed by atoms with Crippen molar-refractivity contribution in [3.63, 3.8) is 0 Å². The highest BCUT2D eigenvalue weighted by Gasteiger charge is 2.34. The van der Waals surface area contributed by atoms with Crippen LogP contribution in [0.3, 0.4) is 0 Å². The Labute approximate surface area is 247 Å². The second-order valence-electron chi connectivity index (χ2n) is 9.65. The number of carbonyl (C=O) groups is 2. The molecular formula is C26H34F2N8O5S. The van der Waals surface area contributed by atoms with Gasteiger partial charge in [0.15, 0.2) is 11.6 Å². The number of aryl methyl sites for hydroxylation is 1. The van der Waals surface area contributed by atoms with Gasteiger partial charge in [0, 0.05) is 57.2 Å². The molecular weight excluding hydrogens is 574 g/mol. The lowest BCUT2D eigenvalue weighted by atomic mass is 10.1. The first kappa shape index (κ1) is 30.9. The maximum Gasteiger partial charge on any atom is 0.414 e.